The van der Waals surface area contributed by atoms with Crippen LogP contribution in [0.5, 0.6) is 0 Å². The van der Waals surface area contributed by atoms with Crippen LogP contribution in [-0.4, -0.2) is 11.4 Å². The lowest BCUT2D eigenvalue weighted by Gasteiger charge is -2.04. The summed E-state index contributed by atoms with van der Waals surface area (Å²) in [6, 6.07) is 0. The van der Waals surface area contributed by atoms with Gasteiger partial charge < -0.3 is 0 Å². The minimum Gasteiger partial charge on any atom is -0.299 e. The standard InChI is InChI=1S/C8H10N2.C2H6/c1-2-6-3-4-7(9)8(10)5-6;1-2/h3-5,9-10H,2H2,1H3;1-2H3. The summed E-state index contributed by atoms with van der Waals surface area (Å²) in [4.78, 5) is 0. The van der Waals surface area contributed by atoms with Crippen LogP contribution < -0.4 is 0 Å². The lowest BCUT2D eigenvalue weighted by molar-refractivity contribution is 1.15. The zero-order valence-corrected chi connectivity index (χ0v) is 7.94. The quantitative estimate of drug-likeness (QED) is 0.560. The van der Waals surface area contributed by atoms with E-state index in [1.54, 1.807) is 12.2 Å². The SMILES string of the molecule is CC.CCC1=CC(=N)C(=N)C=C1. The van der Waals surface area contributed by atoms with Crippen LogP contribution in [0.4, 0.5) is 0 Å². The van der Waals surface area contributed by atoms with E-state index in [0.717, 1.165) is 12.0 Å². The van der Waals surface area contributed by atoms with Crippen LogP contribution in [0.3, 0.4) is 0 Å². The molecule has 0 unspecified atom stereocenters. The lowest BCUT2D eigenvalue weighted by Crippen LogP contribution is -2.09. The van der Waals surface area contributed by atoms with Crippen LogP contribution >= 0.6 is 0 Å². The van der Waals surface area contributed by atoms with Gasteiger partial charge in [-0.3, -0.25) is 10.8 Å². The number of nitrogens with one attached hydrogen (secondary N) is 2. The molecule has 1 rings (SSSR count). The van der Waals surface area contributed by atoms with Gasteiger partial charge in [0.25, 0.3) is 0 Å². The second-order valence-corrected chi connectivity index (χ2v) is 2.23. The average Bonchev–Trinajstić information content (AvgIpc) is 2.13. The van der Waals surface area contributed by atoms with E-state index in [1.807, 2.05) is 26.8 Å². The minimum atomic E-state index is 0.303. The van der Waals surface area contributed by atoms with Gasteiger partial charge in [-0.25, -0.2) is 0 Å². The summed E-state index contributed by atoms with van der Waals surface area (Å²) >= 11 is 0. The molecule has 0 aliphatic heterocycles. The molecule has 0 atom stereocenters. The highest BCUT2D eigenvalue weighted by Gasteiger charge is 2.03. The Bertz CT molecular complexity index is 234. The molecule has 1 aliphatic rings. The van der Waals surface area contributed by atoms with Crippen molar-refractivity contribution in [2.75, 3.05) is 0 Å². The third-order valence-corrected chi connectivity index (χ3v) is 1.49. The molecule has 0 saturated heterocycles. The Hall–Kier alpha value is -1.18. The molecule has 0 fully saturated rings. The van der Waals surface area contributed by atoms with Crippen molar-refractivity contribution in [3.63, 3.8) is 0 Å². The molecule has 0 amide bonds. The van der Waals surface area contributed by atoms with Crippen molar-refractivity contribution in [2.45, 2.75) is 27.2 Å². The summed E-state index contributed by atoms with van der Waals surface area (Å²) in [5.74, 6) is 0. The molecule has 2 heteroatoms. The van der Waals surface area contributed by atoms with E-state index in [-0.39, 0.29) is 0 Å². The Morgan fingerprint density at radius 1 is 1.08 bits per heavy atom. The highest BCUT2D eigenvalue weighted by atomic mass is 14.5. The predicted molar refractivity (Wildman–Crippen MR) is 54.3 cm³/mol. The van der Waals surface area contributed by atoms with Gasteiger partial charge in [0.2, 0.25) is 0 Å². The summed E-state index contributed by atoms with van der Waals surface area (Å²) in [7, 11) is 0. The Kier molecular flexibility index (Phi) is 4.93. The molecular weight excluding hydrogens is 148 g/mol. The molecule has 2 nitrogen and oxygen atoms in total. The number of allylic oxidation sites excluding steroid dienone is 4. The fourth-order valence-electron chi connectivity index (χ4n) is 0.811. The van der Waals surface area contributed by atoms with E-state index >= 15 is 0 Å². The molecule has 0 aromatic heterocycles. The van der Waals surface area contributed by atoms with E-state index in [1.165, 1.54) is 0 Å². The van der Waals surface area contributed by atoms with Crippen molar-refractivity contribution >= 4 is 11.4 Å². The molecule has 0 aromatic rings. The monoisotopic (exact) mass is 164 g/mol. The molecule has 0 spiro atoms. The van der Waals surface area contributed by atoms with Gasteiger partial charge in [-0.05, 0) is 24.1 Å². The van der Waals surface area contributed by atoms with Gasteiger partial charge in [0.1, 0.15) is 0 Å². The van der Waals surface area contributed by atoms with E-state index < -0.39 is 0 Å². The van der Waals surface area contributed by atoms with Crippen molar-refractivity contribution in [1.82, 2.24) is 0 Å². The van der Waals surface area contributed by atoms with Gasteiger partial charge in [0.05, 0.1) is 11.4 Å². The molecule has 12 heavy (non-hydrogen) atoms. The summed E-state index contributed by atoms with van der Waals surface area (Å²) in [5, 5.41) is 14.5. The minimum absolute atomic E-state index is 0.303. The van der Waals surface area contributed by atoms with Gasteiger partial charge >= 0.3 is 0 Å². The molecule has 0 heterocycles. The fourth-order valence-corrected chi connectivity index (χ4v) is 0.811. The summed E-state index contributed by atoms with van der Waals surface area (Å²) in [5.41, 5.74) is 1.75. The van der Waals surface area contributed by atoms with E-state index in [4.69, 9.17) is 10.8 Å². The van der Waals surface area contributed by atoms with Crippen LogP contribution in [0.25, 0.3) is 0 Å². The van der Waals surface area contributed by atoms with Gasteiger partial charge in [-0.15, -0.1) is 0 Å². The highest BCUT2D eigenvalue weighted by Crippen LogP contribution is 2.07. The fraction of sp³-hybridized carbons (Fsp3) is 0.400. The Labute approximate surface area is 74.0 Å². The molecule has 1 aliphatic carbocycles. The first-order chi connectivity index (χ1) is 5.74. The summed E-state index contributed by atoms with van der Waals surface area (Å²) in [6.07, 6.45) is 6.23. The van der Waals surface area contributed by atoms with Crippen LogP contribution in [-0.2, 0) is 0 Å². The van der Waals surface area contributed by atoms with E-state index in [0.29, 0.717) is 11.4 Å². The van der Waals surface area contributed by atoms with E-state index in [9.17, 15) is 0 Å². The molecule has 0 saturated carbocycles. The van der Waals surface area contributed by atoms with Crippen molar-refractivity contribution in [1.29, 1.82) is 10.8 Å². The molecule has 0 bridgehead atoms. The Balaban J connectivity index is 0.000000561. The lowest BCUT2D eigenvalue weighted by atomic mass is 10.0. The summed E-state index contributed by atoms with van der Waals surface area (Å²) in [6.45, 7) is 6.04. The predicted octanol–water partition coefficient (Wildman–Crippen LogP) is 2.96. The summed E-state index contributed by atoms with van der Waals surface area (Å²) < 4.78 is 0. The Morgan fingerprint density at radius 3 is 2.08 bits per heavy atom. The molecule has 66 valence electrons. The Morgan fingerprint density at radius 2 is 1.67 bits per heavy atom. The second-order valence-electron chi connectivity index (χ2n) is 2.23. The number of rotatable bonds is 1. The van der Waals surface area contributed by atoms with Gasteiger partial charge in [-0.1, -0.05) is 26.8 Å². The maximum absolute atomic E-state index is 7.28. The van der Waals surface area contributed by atoms with Crippen LogP contribution in [0.1, 0.15) is 27.2 Å². The van der Waals surface area contributed by atoms with Crippen LogP contribution in [0, 0.1) is 10.8 Å². The van der Waals surface area contributed by atoms with Gasteiger partial charge in [-0.2, -0.15) is 0 Å². The third-order valence-electron chi connectivity index (χ3n) is 1.49. The van der Waals surface area contributed by atoms with Crippen molar-refractivity contribution in [3.8, 4) is 0 Å². The van der Waals surface area contributed by atoms with Crippen molar-refractivity contribution < 1.29 is 0 Å². The first-order valence-electron chi connectivity index (χ1n) is 4.30. The van der Waals surface area contributed by atoms with Gasteiger partial charge in [0.15, 0.2) is 0 Å². The zero-order chi connectivity index (χ0) is 9.56. The smallest absolute Gasteiger partial charge is 0.0791 e. The largest absolute Gasteiger partial charge is 0.299 e. The van der Waals surface area contributed by atoms with Crippen molar-refractivity contribution in [3.05, 3.63) is 23.8 Å². The van der Waals surface area contributed by atoms with Gasteiger partial charge in [0, 0.05) is 0 Å². The second kappa shape index (κ2) is 5.47. The zero-order valence-electron chi connectivity index (χ0n) is 7.94. The average molecular weight is 164 g/mol. The highest BCUT2D eigenvalue weighted by molar-refractivity contribution is 6.49. The maximum atomic E-state index is 7.28. The first kappa shape index (κ1) is 10.8. The van der Waals surface area contributed by atoms with Crippen LogP contribution in [0.2, 0.25) is 0 Å². The number of hydrogen-bond acceptors (Lipinski definition) is 2. The molecule has 0 radical (unpaired) electrons. The van der Waals surface area contributed by atoms with Crippen molar-refractivity contribution in [2.24, 2.45) is 0 Å². The molecular formula is C10H16N2. The number of hydrogen-bond donors (Lipinski definition) is 2. The van der Waals surface area contributed by atoms with E-state index in [2.05, 4.69) is 0 Å². The topological polar surface area (TPSA) is 47.7 Å². The normalized spacial score (nSPS) is 15.1. The first-order valence-corrected chi connectivity index (χ1v) is 4.30. The van der Waals surface area contributed by atoms with Crippen LogP contribution in [0.15, 0.2) is 23.8 Å². The molecule has 0 aromatic carbocycles. The third kappa shape index (κ3) is 2.82. The maximum Gasteiger partial charge on any atom is 0.0791 e. The molecule has 2 N–H and O–H groups in total.